The molecule has 0 unspecified atom stereocenters. The van der Waals surface area contributed by atoms with Crippen molar-refractivity contribution in [3.8, 4) is 5.88 Å². The largest absolute Gasteiger partial charge is 0.476 e. The number of hydrogen-bond acceptors (Lipinski definition) is 5. The van der Waals surface area contributed by atoms with Crippen LogP contribution in [0.2, 0.25) is 0 Å². The first kappa shape index (κ1) is 19.2. The zero-order chi connectivity index (χ0) is 20.1. The maximum absolute atomic E-state index is 12.4. The van der Waals surface area contributed by atoms with Crippen molar-refractivity contribution in [3.05, 3.63) is 59.9 Å². The molecular formula is C23H26N4O2. The van der Waals surface area contributed by atoms with Crippen LogP contribution in [0, 0.1) is 6.92 Å². The SMILES string of the molecule is Cc1nc(OCCNC(=O)c2ccc3ccccc3c2)cc(N2CCCCC2)n1. The van der Waals surface area contributed by atoms with Gasteiger partial charge in [0.25, 0.3) is 5.91 Å². The molecule has 0 spiro atoms. The van der Waals surface area contributed by atoms with E-state index in [9.17, 15) is 4.79 Å². The number of aryl methyl sites for hydroxylation is 1. The predicted molar refractivity (Wildman–Crippen MR) is 115 cm³/mol. The van der Waals surface area contributed by atoms with Crippen molar-refractivity contribution in [2.45, 2.75) is 26.2 Å². The van der Waals surface area contributed by atoms with Crippen molar-refractivity contribution in [1.29, 1.82) is 0 Å². The molecule has 1 fully saturated rings. The van der Waals surface area contributed by atoms with Crippen LogP contribution in [0.5, 0.6) is 5.88 Å². The lowest BCUT2D eigenvalue weighted by molar-refractivity contribution is 0.0946. The minimum Gasteiger partial charge on any atom is -0.476 e. The number of piperidine rings is 1. The van der Waals surface area contributed by atoms with E-state index in [2.05, 4.69) is 20.2 Å². The van der Waals surface area contributed by atoms with Crippen LogP contribution in [0.4, 0.5) is 5.82 Å². The molecule has 0 atom stereocenters. The number of anilines is 1. The first-order valence-corrected chi connectivity index (χ1v) is 10.2. The van der Waals surface area contributed by atoms with Gasteiger partial charge in [-0.25, -0.2) is 4.98 Å². The number of rotatable bonds is 6. The Hall–Kier alpha value is -3.15. The third-order valence-corrected chi connectivity index (χ3v) is 5.13. The Kier molecular flexibility index (Phi) is 5.89. The average molecular weight is 390 g/mol. The minimum absolute atomic E-state index is 0.104. The summed E-state index contributed by atoms with van der Waals surface area (Å²) in [7, 11) is 0. The van der Waals surface area contributed by atoms with Crippen LogP contribution in [0.25, 0.3) is 10.8 Å². The number of benzene rings is 2. The number of hydrogen-bond donors (Lipinski definition) is 1. The van der Waals surface area contributed by atoms with Gasteiger partial charge in [-0.05, 0) is 49.1 Å². The van der Waals surface area contributed by atoms with Crippen LogP contribution in [-0.2, 0) is 0 Å². The first-order chi connectivity index (χ1) is 14.2. The zero-order valence-corrected chi connectivity index (χ0v) is 16.7. The number of nitrogens with one attached hydrogen (secondary N) is 1. The zero-order valence-electron chi connectivity index (χ0n) is 16.7. The first-order valence-electron chi connectivity index (χ1n) is 10.2. The van der Waals surface area contributed by atoms with E-state index in [0.29, 0.717) is 30.4 Å². The summed E-state index contributed by atoms with van der Waals surface area (Å²) in [6, 6.07) is 15.6. The summed E-state index contributed by atoms with van der Waals surface area (Å²) < 4.78 is 5.78. The van der Waals surface area contributed by atoms with Gasteiger partial charge in [0.05, 0.1) is 6.54 Å². The summed E-state index contributed by atoms with van der Waals surface area (Å²) in [6.07, 6.45) is 3.67. The molecule has 1 aliphatic heterocycles. The Labute approximate surface area is 170 Å². The molecule has 0 aliphatic carbocycles. The number of amides is 1. The van der Waals surface area contributed by atoms with E-state index in [-0.39, 0.29) is 5.91 Å². The fourth-order valence-corrected chi connectivity index (χ4v) is 3.64. The van der Waals surface area contributed by atoms with Gasteiger partial charge < -0.3 is 15.0 Å². The molecular weight excluding hydrogens is 364 g/mol. The standard InChI is InChI=1S/C23H26N4O2/c1-17-25-21(27-12-5-2-6-13-27)16-22(26-17)29-14-11-24-23(28)20-10-9-18-7-3-4-8-19(18)15-20/h3-4,7-10,15-16H,2,5-6,11-14H2,1H3,(H,24,28). The summed E-state index contributed by atoms with van der Waals surface area (Å²) in [5.74, 6) is 2.07. The van der Waals surface area contributed by atoms with Crippen LogP contribution in [0.3, 0.4) is 0 Å². The summed E-state index contributed by atoms with van der Waals surface area (Å²) in [6.45, 7) is 4.69. The van der Waals surface area contributed by atoms with Gasteiger partial charge in [-0.2, -0.15) is 4.98 Å². The van der Waals surface area contributed by atoms with E-state index in [1.165, 1.54) is 19.3 Å². The highest BCUT2D eigenvalue weighted by Gasteiger charge is 2.14. The number of aromatic nitrogens is 2. The van der Waals surface area contributed by atoms with E-state index in [4.69, 9.17) is 4.74 Å². The van der Waals surface area contributed by atoms with Crippen molar-refractivity contribution < 1.29 is 9.53 Å². The fraction of sp³-hybridized carbons (Fsp3) is 0.348. The number of carbonyl (C=O) groups excluding carboxylic acids is 1. The van der Waals surface area contributed by atoms with Gasteiger partial charge in [-0.3, -0.25) is 4.79 Å². The summed E-state index contributed by atoms with van der Waals surface area (Å²) in [5, 5.41) is 5.08. The van der Waals surface area contributed by atoms with Gasteiger partial charge in [-0.15, -0.1) is 0 Å². The van der Waals surface area contributed by atoms with Gasteiger partial charge >= 0.3 is 0 Å². The normalized spacial score (nSPS) is 14.0. The van der Waals surface area contributed by atoms with Crippen molar-refractivity contribution in [3.63, 3.8) is 0 Å². The molecule has 150 valence electrons. The summed E-state index contributed by atoms with van der Waals surface area (Å²) >= 11 is 0. The maximum Gasteiger partial charge on any atom is 0.251 e. The molecule has 6 nitrogen and oxygen atoms in total. The van der Waals surface area contributed by atoms with Crippen LogP contribution in [-0.4, -0.2) is 42.1 Å². The molecule has 3 aromatic rings. The predicted octanol–water partition coefficient (Wildman–Crippen LogP) is 3.74. The van der Waals surface area contributed by atoms with Crippen LogP contribution in [0.15, 0.2) is 48.5 Å². The monoisotopic (exact) mass is 390 g/mol. The van der Waals surface area contributed by atoms with Gasteiger partial charge in [0, 0.05) is 24.7 Å². The molecule has 1 saturated heterocycles. The Morgan fingerprint density at radius 2 is 1.83 bits per heavy atom. The van der Waals surface area contributed by atoms with Crippen molar-refractivity contribution in [2.75, 3.05) is 31.1 Å². The molecule has 1 aliphatic rings. The van der Waals surface area contributed by atoms with Crippen LogP contribution in [0.1, 0.15) is 35.4 Å². The number of ether oxygens (including phenoxy) is 1. The number of fused-ring (bicyclic) bond motifs is 1. The second-order valence-electron chi connectivity index (χ2n) is 7.33. The topological polar surface area (TPSA) is 67.3 Å². The lowest BCUT2D eigenvalue weighted by Crippen LogP contribution is -2.30. The smallest absolute Gasteiger partial charge is 0.251 e. The van der Waals surface area contributed by atoms with Crippen molar-refractivity contribution in [2.24, 2.45) is 0 Å². The molecule has 1 N–H and O–H groups in total. The van der Waals surface area contributed by atoms with Gasteiger partial charge in [0.1, 0.15) is 18.2 Å². The quantitative estimate of drug-likeness (QED) is 0.650. The Balaban J connectivity index is 1.31. The van der Waals surface area contributed by atoms with Gasteiger partial charge in [0.2, 0.25) is 5.88 Å². The molecule has 2 aromatic carbocycles. The van der Waals surface area contributed by atoms with E-state index in [1.54, 1.807) is 0 Å². The molecule has 6 heteroatoms. The lowest BCUT2D eigenvalue weighted by Gasteiger charge is -2.28. The molecule has 1 aromatic heterocycles. The molecule has 4 rings (SSSR count). The Morgan fingerprint density at radius 1 is 1.03 bits per heavy atom. The van der Waals surface area contributed by atoms with Crippen LogP contribution >= 0.6 is 0 Å². The fourth-order valence-electron chi connectivity index (χ4n) is 3.64. The highest BCUT2D eigenvalue weighted by atomic mass is 16.5. The third kappa shape index (κ3) is 4.83. The summed E-state index contributed by atoms with van der Waals surface area (Å²) in [4.78, 5) is 23.6. The van der Waals surface area contributed by atoms with Gasteiger partial charge in [0.15, 0.2) is 0 Å². The average Bonchev–Trinajstić information content (AvgIpc) is 2.76. The van der Waals surface area contributed by atoms with E-state index in [1.807, 2.05) is 55.5 Å². The van der Waals surface area contributed by atoms with Crippen LogP contribution < -0.4 is 15.0 Å². The van der Waals surface area contributed by atoms with E-state index >= 15 is 0 Å². The molecule has 2 heterocycles. The third-order valence-electron chi connectivity index (χ3n) is 5.13. The lowest BCUT2D eigenvalue weighted by atomic mass is 10.1. The van der Waals surface area contributed by atoms with E-state index < -0.39 is 0 Å². The minimum atomic E-state index is -0.104. The molecule has 0 radical (unpaired) electrons. The molecule has 1 amide bonds. The highest BCUT2D eigenvalue weighted by Crippen LogP contribution is 2.21. The second kappa shape index (κ2) is 8.90. The Morgan fingerprint density at radius 3 is 2.66 bits per heavy atom. The highest BCUT2D eigenvalue weighted by molar-refractivity contribution is 5.98. The van der Waals surface area contributed by atoms with Gasteiger partial charge in [-0.1, -0.05) is 30.3 Å². The number of carbonyl (C=O) groups is 1. The maximum atomic E-state index is 12.4. The number of nitrogens with zero attached hydrogens (tertiary/aromatic N) is 3. The summed E-state index contributed by atoms with van der Waals surface area (Å²) in [5.41, 5.74) is 0.647. The Bertz CT molecular complexity index is 999. The molecule has 0 bridgehead atoms. The van der Waals surface area contributed by atoms with E-state index in [0.717, 1.165) is 29.7 Å². The molecule has 0 saturated carbocycles. The second-order valence-corrected chi connectivity index (χ2v) is 7.33. The molecule has 29 heavy (non-hydrogen) atoms. The van der Waals surface area contributed by atoms with Crippen molar-refractivity contribution >= 4 is 22.5 Å². The van der Waals surface area contributed by atoms with Crippen molar-refractivity contribution in [1.82, 2.24) is 15.3 Å².